The number of thiophene rings is 1. The molecular weight excluding hydrogens is 703 g/mol. The quantitative estimate of drug-likeness (QED) is 0.131. The number of fused-ring (bicyclic) bond motifs is 8. The molecule has 5 unspecified atom stereocenters. The smallest absolute Gasteiger partial charge is 0.252 e. The summed E-state index contributed by atoms with van der Waals surface area (Å²) in [4.78, 5) is 14.6. The molecule has 7 nitrogen and oxygen atoms in total. The van der Waals surface area contributed by atoms with Crippen molar-refractivity contribution < 1.29 is 28.2 Å². The summed E-state index contributed by atoms with van der Waals surface area (Å²) in [6.45, 7) is 4.91. The van der Waals surface area contributed by atoms with E-state index in [1.54, 1.807) is 17.5 Å². The average molecular weight is 754 g/mol. The highest BCUT2D eigenvalue weighted by molar-refractivity contribution is 7.91. The Hall–Kier alpha value is -3.44. The summed E-state index contributed by atoms with van der Waals surface area (Å²) in [5.41, 5.74) is 4.03. The molecule has 1 aliphatic heterocycles. The van der Waals surface area contributed by atoms with Crippen LogP contribution in [0.4, 0.5) is 0 Å². The second-order valence-electron chi connectivity index (χ2n) is 15.6. The normalized spacial score (nSPS) is 26.7. The minimum Gasteiger partial charge on any atom is -0.393 e. The first-order valence-electron chi connectivity index (χ1n) is 19.0. The highest BCUT2D eigenvalue weighted by Gasteiger charge is 2.58. The van der Waals surface area contributed by atoms with Gasteiger partial charge in [0.15, 0.2) is 5.78 Å². The van der Waals surface area contributed by atoms with Crippen LogP contribution in [-0.4, -0.2) is 66.2 Å². The van der Waals surface area contributed by atoms with E-state index in [-0.39, 0.29) is 35.1 Å². The fraction of sp³-hybridized carbons (Fsp3) is 0.432. The van der Waals surface area contributed by atoms with Crippen molar-refractivity contribution >= 4 is 27.1 Å². The van der Waals surface area contributed by atoms with Crippen LogP contribution in [0.2, 0.25) is 0 Å². The van der Waals surface area contributed by atoms with E-state index in [4.69, 9.17) is 4.74 Å². The number of carbonyl (C=O) groups excluding carboxylic acids is 1. The monoisotopic (exact) mass is 753 g/mol. The van der Waals surface area contributed by atoms with Crippen LogP contribution < -0.4 is 0 Å². The topological polar surface area (TPSA) is 104 Å². The van der Waals surface area contributed by atoms with E-state index in [9.17, 15) is 23.4 Å². The van der Waals surface area contributed by atoms with Crippen LogP contribution >= 0.6 is 11.3 Å². The van der Waals surface area contributed by atoms with E-state index in [1.807, 2.05) is 72.8 Å². The lowest BCUT2D eigenvalue weighted by atomic mass is 9.64. The summed E-state index contributed by atoms with van der Waals surface area (Å²) in [5.74, 6) is -0.323. The van der Waals surface area contributed by atoms with Crippen molar-refractivity contribution in [1.29, 1.82) is 0 Å². The molecule has 2 fully saturated rings. The molecule has 3 aliphatic carbocycles. The van der Waals surface area contributed by atoms with Crippen molar-refractivity contribution in [2.45, 2.75) is 99.6 Å². The third-order valence-corrected chi connectivity index (χ3v) is 15.3. The highest BCUT2D eigenvalue weighted by Crippen LogP contribution is 2.59. The van der Waals surface area contributed by atoms with Crippen LogP contribution in [0, 0.1) is 5.41 Å². The lowest BCUT2D eigenvalue weighted by Gasteiger charge is -2.46. The molecule has 1 saturated heterocycles. The van der Waals surface area contributed by atoms with Gasteiger partial charge in [-0.25, -0.2) is 8.42 Å². The second kappa shape index (κ2) is 15.7. The van der Waals surface area contributed by atoms with Gasteiger partial charge in [-0.3, -0.25) is 4.79 Å². The molecule has 0 radical (unpaired) electrons. The standard InChI is InChI=1S/C44H51NO6S2/c1-31-9-6-23-43(2)40(22-24-44(43,48)30-45(29-37-12-7-25-51-37)53(49,50)41-13-8-26-52-41)38-21-15-32(27-36(46)20-14-31)28-39(38)42(47)35-18-16-34(17-19-35)33-10-4-3-5-11-33/h3-5,8-11,13,15-19,21,26,28,36-37,40,46,48H,6-7,12,14,20,22-25,27,29-30H2,1-2H3. The van der Waals surface area contributed by atoms with Crippen LogP contribution in [0.25, 0.3) is 11.1 Å². The average Bonchev–Trinajstić information content (AvgIpc) is 3.94. The molecule has 4 aromatic rings. The zero-order valence-electron chi connectivity index (χ0n) is 30.7. The molecule has 5 atom stereocenters. The van der Waals surface area contributed by atoms with Gasteiger partial charge in [0.05, 0.1) is 17.8 Å². The van der Waals surface area contributed by atoms with Gasteiger partial charge in [-0.05, 0) is 110 Å². The van der Waals surface area contributed by atoms with Crippen molar-refractivity contribution in [2.24, 2.45) is 5.41 Å². The molecule has 4 aliphatic rings. The molecule has 0 spiro atoms. The number of hydrogen-bond acceptors (Lipinski definition) is 7. The van der Waals surface area contributed by atoms with Gasteiger partial charge in [0.25, 0.3) is 10.0 Å². The van der Waals surface area contributed by atoms with Crippen molar-refractivity contribution in [3.05, 3.63) is 124 Å². The molecule has 2 bridgehead atoms. The minimum absolute atomic E-state index is 0.0582. The summed E-state index contributed by atoms with van der Waals surface area (Å²) in [7, 11) is -3.91. The molecule has 2 heterocycles. The highest BCUT2D eigenvalue weighted by atomic mass is 32.2. The van der Waals surface area contributed by atoms with E-state index in [1.165, 1.54) is 21.2 Å². The zero-order chi connectivity index (χ0) is 37.2. The summed E-state index contributed by atoms with van der Waals surface area (Å²) < 4.78 is 36.1. The number of nitrogens with zero attached hydrogens (tertiary/aromatic N) is 1. The van der Waals surface area contributed by atoms with Crippen molar-refractivity contribution in [2.75, 3.05) is 19.7 Å². The fourth-order valence-corrected chi connectivity index (χ4v) is 11.6. The molecule has 1 saturated carbocycles. The van der Waals surface area contributed by atoms with Crippen LogP contribution in [0.3, 0.4) is 0 Å². The Labute approximate surface area is 318 Å². The van der Waals surface area contributed by atoms with E-state index >= 15 is 0 Å². The van der Waals surface area contributed by atoms with Gasteiger partial charge in [0.2, 0.25) is 0 Å². The molecule has 0 amide bonds. The molecule has 1 aromatic heterocycles. The molecule has 9 heteroatoms. The summed E-state index contributed by atoms with van der Waals surface area (Å²) >= 11 is 1.19. The predicted molar refractivity (Wildman–Crippen MR) is 211 cm³/mol. The van der Waals surface area contributed by atoms with Crippen molar-refractivity contribution in [3.8, 4) is 11.1 Å². The first kappa shape index (κ1) is 37.9. The summed E-state index contributed by atoms with van der Waals surface area (Å²) in [5, 5.41) is 25.8. The Balaban J connectivity index is 1.29. The Morgan fingerprint density at radius 2 is 1.74 bits per heavy atom. The van der Waals surface area contributed by atoms with Gasteiger partial charge in [-0.2, -0.15) is 4.31 Å². The van der Waals surface area contributed by atoms with E-state index < -0.39 is 27.1 Å². The lowest BCUT2D eigenvalue weighted by Crippen LogP contribution is -2.54. The molecule has 280 valence electrons. The number of rotatable bonds is 9. The molecular formula is C44H51NO6S2. The van der Waals surface area contributed by atoms with E-state index in [0.29, 0.717) is 56.3 Å². The summed E-state index contributed by atoms with van der Waals surface area (Å²) in [6.07, 6.45) is 7.15. The SMILES string of the molecule is CC1=CCCC2(C)C(CCC2(O)CN(CC2CCCO2)S(=O)(=O)c2cccs2)c2ccc(cc2C(=O)c2ccc(-c3ccccc3)cc2)CC(O)CC1. The number of aliphatic hydroxyl groups excluding tert-OH is 1. The van der Waals surface area contributed by atoms with Gasteiger partial charge in [-0.15, -0.1) is 11.3 Å². The Bertz CT molecular complexity index is 2020. The van der Waals surface area contributed by atoms with Crippen LogP contribution in [-0.2, 0) is 21.2 Å². The van der Waals surface area contributed by atoms with E-state index in [0.717, 1.165) is 41.5 Å². The zero-order valence-corrected chi connectivity index (χ0v) is 32.4. The maximum Gasteiger partial charge on any atom is 0.252 e. The summed E-state index contributed by atoms with van der Waals surface area (Å²) in [6, 6.07) is 27.1. The van der Waals surface area contributed by atoms with Crippen LogP contribution in [0.5, 0.6) is 0 Å². The van der Waals surface area contributed by atoms with Gasteiger partial charge < -0.3 is 14.9 Å². The second-order valence-corrected chi connectivity index (χ2v) is 18.7. The number of ether oxygens (including phenoxy) is 1. The molecule has 3 aromatic carbocycles. The van der Waals surface area contributed by atoms with Gasteiger partial charge in [0.1, 0.15) is 4.21 Å². The predicted octanol–water partition coefficient (Wildman–Crippen LogP) is 8.55. The number of hydrogen-bond donors (Lipinski definition) is 2. The Kier molecular flexibility index (Phi) is 11.2. The largest absolute Gasteiger partial charge is 0.393 e. The van der Waals surface area contributed by atoms with E-state index in [2.05, 4.69) is 19.9 Å². The third-order valence-electron chi connectivity index (χ3n) is 12.1. The number of carbonyl (C=O) groups is 1. The molecule has 2 N–H and O–H groups in total. The molecule has 53 heavy (non-hydrogen) atoms. The number of ketones is 1. The van der Waals surface area contributed by atoms with Crippen LogP contribution in [0.15, 0.2) is 106 Å². The van der Waals surface area contributed by atoms with Gasteiger partial charge >= 0.3 is 0 Å². The lowest BCUT2D eigenvalue weighted by molar-refractivity contribution is -0.0754. The van der Waals surface area contributed by atoms with Crippen LogP contribution in [0.1, 0.15) is 98.2 Å². The van der Waals surface area contributed by atoms with Gasteiger partial charge in [-0.1, -0.05) is 91.4 Å². The maximum atomic E-state index is 14.6. The fourth-order valence-electron chi connectivity index (χ4n) is 8.89. The first-order chi connectivity index (χ1) is 25.5. The number of aliphatic hydroxyl groups is 2. The number of allylic oxidation sites excluding steroid dienone is 2. The third kappa shape index (κ3) is 7.88. The number of sulfonamides is 1. The Morgan fingerprint density at radius 1 is 0.962 bits per heavy atom. The van der Waals surface area contributed by atoms with Crippen molar-refractivity contribution in [3.63, 3.8) is 0 Å². The minimum atomic E-state index is -3.91. The van der Waals surface area contributed by atoms with Gasteiger partial charge in [0, 0.05) is 36.2 Å². The number of benzene rings is 3. The maximum absolute atomic E-state index is 14.6. The Morgan fingerprint density at radius 3 is 2.45 bits per heavy atom. The van der Waals surface area contributed by atoms with Crippen molar-refractivity contribution in [1.82, 2.24) is 4.31 Å². The molecule has 8 rings (SSSR count). The first-order valence-corrected chi connectivity index (χ1v) is 21.3.